The van der Waals surface area contributed by atoms with Gasteiger partial charge in [0.05, 0.1) is 19.3 Å². The molecular weight excluding hydrogens is 314 g/mol. The number of hydrogen-bond donors (Lipinski definition) is 2. The van der Waals surface area contributed by atoms with E-state index in [0.29, 0.717) is 25.9 Å². The highest BCUT2D eigenvalue weighted by Crippen LogP contribution is 2.22. The van der Waals surface area contributed by atoms with Gasteiger partial charge in [-0.1, -0.05) is 18.2 Å². The van der Waals surface area contributed by atoms with Crippen molar-refractivity contribution in [3.8, 4) is 5.75 Å². The Morgan fingerprint density at radius 2 is 1.70 bits per heavy atom. The summed E-state index contributed by atoms with van der Waals surface area (Å²) in [7, 11) is 0. The van der Waals surface area contributed by atoms with Gasteiger partial charge in [0.2, 0.25) is 0 Å². The van der Waals surface area contributed by atoms with Crippen LogP contribution in [0.15, 0.2) is 18.2 Å². The highest BCUT2D eigenvalue weighted by Gasteiger charge is 2.18. The van der Waals surface area contributed by atoms with Crippen LogP contribution in [0, 0.1) is 13.8 Å². The van der Waals surface area contributed by atoms with Crippen molar-refractivity contribution in [2.45, 2.75) is 51.7 Å². The second-order valence-electron chi connectivity index (χ2n) is 6.14. The maximum atomic E-state index is 9.46. The summed E-state index contributed by atoms with van der Waals surface area (Å²) >= 11 is 0. The fourth-order valence-electron chi connectivity index (χ4n) is 2.95. The zero-order chi connectivity index (χ0) is 15.8. The molecule has 1 aromatic rings. The van der Waals surface area contributed by atoms with E-state index in [4.69, 9.17) is 9.47 Å². The number of aryl methyl sites for hydroxylation is 2. The minimum absolute atomic E-state index is 0. The fourth-order valence-corrected chi connectivity index (χ4v) is 2.95. The van der Waals surface area contributed by atoms with Gasteiger partial charge >= 0.3 is 0 Å². The number of benzene rings is 1. The van der Waals surface area contributed by atoms with E-state index in [1.807, 2.05) is 6.07 Å². The Hall–Kier alpha value is -0.810. The van der Waals surface area contributed by atoms with E-state index in [9.17, 15) is 5.11 Å². The van der Waals surface area contributed by atoms with Crippen LogP contribution in [0.25, 0.3) is 0 Å². The molecule has 1 aliphatic carbocycles. The zero-order valence-corrected chi connectivity index (χ0v) is 15.0. The third-order valence-corrected chi connectivity index (χ3v) is 4.26. The molecule has 0 heterocycles. The summed E-state index contributed by atoms with van der Waals surface area (Å²) in [6.07, 6.45) is 3.88. The molecule has 0 bridgehead atoms. The summed E-state index contributed by atoms with van der Waals surface area (Å²) in [5.74, 6) is 0.977. The molecule has 0 unspecified atom stereocenters. The van der Waals surface area contributed by atoms with Crippen molar-refractivity contribution in [2.75, 3.05) is 26.4 Å². The first-order chi connectivity index (χ1) is 10.7. The molecule has 1 aliphatic rings. The number of nitrogens with one attached hydrogen (secondary N) is 1. The normalized spacial score (nSPS) is 20.8. The van der Waals surface area contributed by atoms with Crippen LogP contribution in [0.1, 0.15) is 36.8 Å². The van der Waals surface area contributed by atoms with Crippen LogP contribution in [0.5, 0.6) is 5.75 Å². The number of halogens is 1. The predicted molar refractivity (Wildman–Crippen MR) is 95.7 cm³/mol. The van der Waals surface area contributed by atoms with Gasteiger partial charge in [-0.2, -0.15) is 0 Å². The smallest absolute Gasteiger partial charge is 0.125 e. The standard InChI is InChI=1S/C18H29NO3.ClH/c1-14-4-3-5-15(2)18(14)22-13-12-21-11-10-19-16-6-8-17(20)9-7-16;/h3-5,16-17,19-20H,6-13H2,1-2H3;1H. The molecule has 0 aliphatic heterocycles. The lowest BCUT2D eigenvalue weighted by atomic mass is 9.93. The molecule has 0 aromatic heterocycles. The van der Waals surface area contributed by atoms with Crippen molar-refractivity contribution < 1.29 is 14.6 Å². The van der Waals surface area contributed by atoms with E-state index in [-0.39, 0.29) is 18.5 Å². The number of rotatable bonds is 8. The van der Waals surface area contributed by atoms with E-state index < -0.39 is 0 Å². The molecule has 23 heavy (non-hydrogen) atoms. The number of aliphatic hydroxyl groups excluding tert-OH is 1. The molecule has 0 saturated heterocycles. The lowest BCUT2D eigenvalue weighted by Gasteiger charge is -2.26. The third kappa shape index (κ3) is 7.08. The molecular formula is C18H30ClNO3. The van der Waals surface area contributed by atoms with Gasteiger partial charge in [0, 0.05) is 12.6 Å². The van der Waals surface area contributed by atoms with E-state index in [0.717, 1.165) is 38.0 Å². The Morgan fingerprint density at radius 3 is 2.35 bits per heavy atom. The van der Waals surface area contributed by atoms with Crippen molar-refractivity contribution in [1.29, 1.82) is 0 Å². The van der Waals surface area contributed by atoms with Crippen LogP contribution in [-0.4, -0.2) is 43.6 Å². The van der Waals surface area contributed by atoms with Crippen LogP contribution < -0.4 is 10.1 Å². The van der Waals surface area contributed by atoms with E-state index >= 15 is 0 Å². The SMILES string of the molecule is Cc1cccc(C)c1OCCOCCNC1CCC(O)CC1.Cl. The molecule has 2 N–H and O–H groups in total. The molecule has 132 valence electrons. The summed E-state index contributed by atoms with van der Waals surface area (Å²) in [6, 6.07) is 6.71. The Morgan fingerprint density at radius 1 is 1.04 bits per heavy atom. The monoisotopic (exact) mass is 343 g/mol. The Bertz CT molecular complexity index is 428. The van der Waals surface area contributed by atoms with Gasteiger partial charge in [-0.25, -0.2) is 0 Å². The maximum absolute atomic E-state index is 9.46. The van der Waals surface area contributed by atoms with Gasteiger partial charge in [-0.05, 0) is 50.7 Å². The molecule has 2 rings (SSSR count). The first-order valence-corrected chi connectivity index (χ1v) is 8.35. The first kappa shape index (κ1) is 20.2. The Labute approximate surface area is 146 Å². The largest absolute Gasteiger partial charge is 0.491 e. The van der Waals surface area contributed by atoms with Crippen molar-refractivity contribution in [3.63, 3.8) is 0 Å². The molecule has 5 heteroatoms. The van der Waals surface area contributed by atoms with Crippen LogP contribution in [0.3, 0.4) is 0 Å². The molecule has 1 saturated carbocycles. The minimum Gasteiger partial charge on any atom is -0.491 e. The average Bonchev–Trinajstić information content (AvgIpc) is 2.50. The summed E-state index contributed by atoms with van der Waals surface area (Å²) < 4.78 is 11.4. The van der Waals surface area contributed by atoms with Gasteiger partial charge in [0.1, 0.15) is 12.4 Å². The Kier molecular flexibility index (Phi) is 9.56. The van der Waals surface area contributed by atoms with Gasteiger partial charge in [-0.3, -0.25) is 0 Å². The molecule has 1 fully saturated rings. The molecule has 0 spiro atoms. The molecule has 0 amide bonds. The topological polar surface area (TPSA) is 50.7 Å². The molecule has 1 aromatic carbocycles. The van der Waals surface area contributed by atoms with Gasteiger partial charge in [-0.15, -0.1) is 12.4 Å². The predicted octanol–water partition coefficient (Wildman–Crippen LogP) is 3.01. The number of hydrogen-bond acceptors (Lipinski definition) is 4. The summed E-state index contributed by atoms with van der Waals surface area (Å²) in [5, 5.41) is 13.0. The lowest BCUT2D eigenvalue weighted by Crippen LogP contribution is -2.36. The molecule has 4 nitrogen and oxygen atoms in total. The Balaban J connectivity index is 0.00000264. The van der Waals surface area contributed by atoms with Crippen LogP contribution in [-0.2, 0) is 4.74 Å². The number of ether oxygens (including phenoxy) is 2. The van der Waals surface area contributed by atoms with E-state index in [2.05, 4.69) is 31.3 Å². The first-order valence-electron chi connectivity index (χ1n) is 8.35. The van der Waals surface area contributed by atoms with Crippen LogP contribution in [0.4, 0.5) is 0 Å². The average molecular weight is 344 g/mol. The summed E-state index contributed by atoms with van der Waals surface area (Å²) in [5.41, 5.74) is 2.34. The number of para-hydroxylation sites is 1. The van der Waals surface area contributed by atoms with Crippen LogP contribution >= 0.6 is 12.4 Å². The number of aliphatic hydroxyl groups is 1. The summed E-state index contributed by atoms with van der Waals surface area (Å²) in [6.45, 7) is 6.89. The van der Waals surface area contributed by atoms with Crippen molar-refractivity contribution in [3.05, 3.63) is 29.3 Å². The van der Waals surface area contributed by atoms with E-state index in [1.165, 1.54) is 11.1 Å². The summed E-state index contributed by atoms with van der Waals surface area (Å²) in [4.78, 5) is 0. The van der Waals surface area contributed by atoms with Gasteiger partial charge in [0.25, 0.3) is 0 Å². The highest BCUT2D eigenvalue weighted by atomic mass is 35.5. The van der Waals surface area contributed by atoms with Crippen molar-refractivity contribution in [2.24, 2.45) is 0 Å². The third-order valence-electron chi connectivity index (χ3n) is 4.26. The second kappa shape index (κ2) is 10.9. The van der Waals surface area contributed by atoms with Crippen molar-refractivity contribution in [1.82, 2.24) is 5.32 Å². The highest BCUT2D eigenvalue weighted by molar-refractivity contribution is 5.85. The quantitative estimate of drug-likeness (QED) is 0.712. The zero-order valence-electron chi connectivity index (χ0n) is 14.2. The minimum atomic E-state index is -0.0867. The molecule has 0 radical (unpaired) electrons. The maximum Gasteiger partial charge on any atom is 0.125 e. The second-order valence-corrected chi connectivity index (χ2v) is 6.14. The van der Waals surface area contributed by atoms with Crippen LogP contribution in [0.2, 0.25) is 0 Å². The molecule has 0 atom stereocenters. The van der Waals surface area contributed by atoms with Gasteiger partial charge in [0.15, 0.2) is 0 Å². The van der Waals surface area contributed by atoms with E-state index in [1.54, 1.807) is 0 Å². The fraction of sp³-hybridized carbons (Fsp3) is 0.667. The van der Waals surface area contributed by atoms with Gasteiger partial charge < -0.3 is 19.9 Å². The van der Waals surface area contributed by atoms with Crippen molar-refractivity contribution >= 4 is 12.4 Å². The lowest BCUT2D eigenvalue weighted by molar-refractivity contribution is 0.0920.